The van der Waals surface area contributed by atoms with Gasteiger partial charge in [-0.25, -0.2) is 4.31 Å². The summed E-state index contributed by atoms with van der Waals surface area (Å²) < 4.78 is 10.8. The molecule has 2 rings (SSSR count). The first kappa shape index (κ1) is 42.8. The van der Waals surface area contributed by atoms with Crippen LogP contribution in [0.1, 0.15) is 128 Å². The number of hydrogen-bond donors (Lipinski definition) is 7. The van der Waals surface area contributed by atoms with Gasteiger partial charge in [0.05, 0.1) is 25.2 Å². The van der Waals surface area contributed by atoms with E-state index in [-0.39, 0.29) is 21.7 Å². The van der Waals surface area contributed by atoms with Crippen LogP contribution < -0.4 is 4.74 Å². The minimum atomic E-state index is -2.61. The van der Waals surface area contributed by atoms with Crippen LogP contribution in [-0.2, 0) is 26.0 Å². The first-order valence-corrected chi connectivity index (χ1v) is 17.8. The molecule has 0 bridgehead atoms. The number of aryl methyl sites for hydroxylation is 2. The highest BCUT2D eigenvalue weighted by molar-refractivity contribution is 7.53. The van der Waals surface area contributed by atoms with Crippen molar-refractivity contribution in [2.75, 3.05) is 19.8 Å². The zero-order valence-corrected chi connectivity index (χ0v) is 32.1. The van der Waals surface area contributed by atoms with E-state index in [9.17, 15) is 15.3 Å². The molecule has 0 saturated carbocycles. The molecule has 0 amide bonds. The van der Waals surface area contributed by atoms with Gasteiger partial charge in [-0.3, -0.25) is 0 Å². The van der Waals surface area contributed by atoms with Gasteiger partial charge in [0, 0.05) is 16.7 Å². The molecular formula is C35H60O9P2. The monoisotopic (exact) mass is 686 g/mol. The van der Waals surface area contributed by atoms with Gasteiger partial charge in [0.2, 0.25) is 0 Å². The summed E-state index contributed by atoms with van der Waals surface area (Å²) in [6.07, 6.45) is -0.800. The molecule has 0 aliphatic carbocycles. The van der Waals surface area contributed by atoms with Crippen LogP contribution in [0, 0.1) is 19.3 Å². The summed E-state index contributed by atoms with van der Waals surface area (Å²) in [6, 6.07) is 8.76. The largest absolute Gasteiger partial charge is 0.484 e. The van der Waals surface area contributed by atoms with E-state index < -0.39 is 48.5 Å². The second kappa shape index (κ2) is 16.0. The minimum Gasteiger partial charge on any atom is -0.484 e. The lowest BCUT2D eigenvalue weighted by atomic mass is 9.69. The quantitative estimate of drug-likeness (QED) is 0.138. The van der Waals surface area contributed by atoms with E-state index in [4.69, 9.17) is 24.3 Å². The Kier molecular flexibility index (Phi) is 14.9. The van der Waals surface area contributed by atoms with Crippen molar-refractivity contribution >= 4 is 17.2 Å². The fourth-order valence-electron chi connectivity index (χ4n) is 5.41. The van der Waals surface area contributed by atoms with Crippen molar-refractivity contribution < 1.29 is 43.9 Å². The van der Waals surface area contributed by atoms with Crippen molar-refractivity contribution in [3.8, 4) is 5.75 Å². The van der Waals surface area contributed by atoms with Gasteiger partial charge in [-0.2, -0.15) is 0 Å². The molecule has 0 aliphatic rings. The molecule has 0 heterocycles. The van der Waals surface area contributed by atoms with Gasteiger partial charge in [-0.1, -0.05) is 118 Å². The van der Waals surface area contributed by atoms with Gasteiger partial charge in [0.15, 0.2) is 0 Å². The molecule has 0 radical (unpaired) electrons. The zero-order valence-electron chi connectivity index (χ0n) is 30.3. The SMILES string of the molecule is Cc1cc(C(C)(C)C)c(OC(c2c(C(C)(C)C)cc(C)cc2C(C)(C)C)C(CO)(CO)CO)c(C(C)(C)C)c1.OP(O)OP(O)O. The summed E-state index contributed by atoms with van der Waals surface area (Å²) in [5.41, 5.74) is 5.33. The molecule has 0 aromatic heterocycles. The number of rotatable bonds is 9. The van der Waals surface area contributed by atoms with Crippen molar-refractivity contribution in [1.82, 2.24) is 0 Å². The maximum Gasteiger partial charge on any atom is 0.334 e. The van der Waals surface area contributed by atoms with Crippen LogP contribution in [-0.4, -0.2) is 54.7 Å². The van der Waals surface area contributed by atoms with Crippen molar-refractivity contribution in [3.63, 3.8) is 0 Å². The topological polar surface area (TPSA) is 160 Å². The Bertz CT molecular complexity index is 1190. The number of benzene rings is 2. The van der Waals surface area contributed by atoms with Crippen LogP contribution in [0.4, 0.5) is 0 Å². The van der Waals surface area contributed by atoms with E-state index in [2.05, 4.69) is 126 Å². The van der Waals surface area contributed by atoms with E-state index in [0.717, 1.165) is 44.7 Å². The van der Waals surface area contributed by atoms with E-state index in [0.29, 0.717) is 0 Å². The summed E-state index contributed by atoms with van der Waals surface area (Å²) in [5, 5.41) is 32.5. The van der Waals surface area contributed by atoms with Crippen molar-refractivity contribution in [3.05, 3.63) is 63.2 Å². The molecule has 2 aromatic carbocycles. The maximum atomic E-state index is 10.8. The van der Waals surface area contributed by atoms with Crippen LogP contribution in [0.15, 0.2) is 24.3 Å². The Labute approximate surface area is 279 Å². The van der Waals surface area contributed by atoms with Crippen molar-refractivity contribution in [1.29, 1.82) is 0 Å². The van der Waals surface area contributed by atoms with E-state index in [1.807, 2.05) is 0 Å². The molecular weight excluding hydrogens is 626 g/mol. The highest BCUT2D eigenvalue weighted by atomic mass is 31.2. The smallest absolute Gasteiger partial charge is 0.334 e. The molecule has 7 N–H and O–H groups in total. The third-order valence-corrected chi connectivity index (χ3v) is 9.10. The molecule has 1 atom stereocenters. The molecule has 1 unspecified atom stereocenters. The maximum absolute atomic E-state index is 10.8. The first-order valence-electron chi connectivity index (χ1n) is 15.5. The van der Waals surface area contributed by atoms with Crippen LogP contribution in [0.5, 0.6) is 5.75 Å². The van der Waals surface area contributed by atoms with Gasteiger partial charge in [0.25, 0.3) is 0 Å². The lowest BCUT2D eigenvalue weighted by molar-refractivity contribution is -0.0761. The van der Waals surface area contributed by atoms with Crippen molar-refractivity contribution in [2.24, 2.45) is 5.41 Å². The van der Waals surface area contributed by atoms with Gasteiger partial charge in [-0.05, 0) is 46.6 Å². The highest BCUT2D eigenvalue weighted by Gasteiger charge is 2.46. The summed E-state index contributed by atoms with van der Waals surface area (Å²) in [5.74, 6) is 0.769. The third-order valence-electron chi connectivity index (χ3n) is 7.93. The Morgan fingerprint density at radius 3 is 1.04 bits per heavy atom. The van der Waals surface area contributed by atoms with Crippen LogP contribution in [0.3, 0.4) is 0 Å². The average Bonchev–Trinajstić information content (AvgIpc) is 2.86. The lowest BCUT2D eigenvalue weighted by Crippen LogP contribution is -2.45. The molecule has 9 nitrogen and oxygen atoms in total. The first-order chi connectivity index (χ1) is 20.7. The zero-order chi connectivity index (χ0) is 36.2. The lowest BCUT2D eigenvalue weighted by Gasteiger charge is -2.43. The molecule has 0 spiro atoms. The van der Waals surface area contributed by atoms with Gasteiger partial charge in [0.1, 0.15) is 11.9 Å². The number of hydrogen-bond acceptors (Lipinski definition) is 9. The van der Waals surface area contributed by atoms with Crippen LogP contribution in [0.2, 0.25) is 0 Å². The van der Waals surface area contributed by atoms with E-state index >= 15 is 0 Å². The van der Waals surface area contributed by atoms with Crippen LogP contribution in [0.25, 0.3) is 0 Å². The third kappa shape index (κ3) is 11.2. The Hall–Kier alpha value is -1.22. The standard InChI is InChI=1S/C35H56O4.H4O5P2/c1-22-15-24(31(3,4)5)28(25(16-22)32(6,7)8)30(35(19-36,20-37)21-38)39-29-26(33(9,10)11)17-23(2)18-27(29)34(12,13)14;1-6(2)5-7(3)4/h15-18,30,36-38H,19-21H2,1-14H3;1-4H. The Morgan fingerprint density at radius 1 is 0.543 bits per heavy atom. The molecule has 2 aromatic rings. The molecule has 0 aliphatic heterocycles. The Balaban J connectivity index is 0.00000135. The van der Waals surface area contributed by atoms with Gasteiger partial charge in [-0.15, -0.1) is 0 Å². The highest BCUT2D eigenvalue weighted by Crippen LogP contribution is 2.50. The van der Waals surface area contributed by atoms with Crippen molar-refractivity contribution in [2.45, 2.75) is 125 Å². The summed E-state index contributed by atoms with van der Waals surface area (Å²) in [6.45, 7) is 29.1. The van der Waals surface area contributed by atoms with E-state index in [1.54, 1.807) is 0 Å². The fraction of sp³-hybridized carbons (Fsp3) is 0.657. The predicted octanol–water partition coefficient (Wildman–Crippen LogP) is 7.00. The predicted molar refractivity (Wildman–Crippen MR) is 188 cm³/mol. The summed E-state index contributed by atoms with van der Waals surface area (Å²) >= 11 is 0. The van der Waals surface area contributed by atoms with Gasteiger partial charge >= 0.3 is 17.2 Å². The molecule has 11 heteroatoms. The Morgan fingerprint density at radius 2 is 0.826 bits per heavy atom. The van der Waals surface area contributed by atoms with Gasteiger partial charge < -0.3 is 39.6 Å². The van der Waals surface area contributed by atoms with E-state index in [1.165, 1.54) is 0 Å². The normalized spacial score (nSPS) is 14.0. The minimum absolute atomic E-state index is 0.223. The molecule has 0 fully saturated rings. The summed E-state index contributed by atoms with van der Waals surface area (Å²) in [7, 11) is -5.22. The molecule has 0 saturated heterocycles. The van der Waals surface area contributed by atoms with Crippen LogP contribution >= 0.6 is 17.2 Å². The average molecular weight is 687 g/mol. The number of ether oxygens (including phenoxy) is 1. The second-order valence-corrected chi connectivity index (χ2v) is 18.0. The number of aliphatic hydroxyl groups is 3. The summed E-state index contributed by atoms with van der Waals surface area (Å²) in [4.78, 5) is 31.3. The molecule has 46 heavy (non-hydrogen) atoms. The second-order valence-electron chi connectivity index (χ2n) is 16.4. The molecule has 264 valence electrons. The fourth-order valence-corrected chi connectivity index (χ4v) is 5.93. The number of aliphatic hydroxyl groups excluding tert-OH is 3.